The zero-order valence-electron chi connectivity index (χ0n) is 16.8. The third-order valence-electron chi connectivity index (χ3n) is 5.05. The zero-order valence-corrected chi connectivity index (χ0v) is 17.6. The van der Waals surface area contributed by atoms with Crippen LogP contribution >= 0.6 is 11.3 Å². The Hall–Kier alpha value is -3.10. The second-order valence-corrected chi connectivity index (χ2v) is 8.16. The van der Waals surface area contributed by atoms with Crippen molar-refractivity contribution in [3.63, 3.8) is 0 Å². The minimum atomic E-state index is -0.666. The van der Waals surface area contributed by atoms with Gasteiger partial charge >= 0.3 is 11.8 Å². The highest BCUT2D eigenvalue weighted by Crippen LogP contribution is 2.33. The summed E-state index contributed by atoms with van der Waals surface area (Å²) in [6.45, 7) is 0.763. The molecule has 3 aromatic rings. The average Bonchev–Trinajstić information content (AvgIpc) is 3.38. The van der Waals surface area contributed by atoms with Crippen LogP contribution in [0.5, 0.6) is 11.5 Å². The monoisotopic (exact) mass is 425 g/mol. The van der Waals surface area contributed by atoms with Crippen molar-refractivity contribution < 1.29 is 19.1 Å². The first-order chi connectivity index (χ1) is 14.5. The molecule has 1 aromatic heterocycles. The fourth-order valence-electron chi connectivity index (χ4n) is 3.41. The molecule has 8 heteroatoms. The Balaban J connectivity index is 1.34. The van der Waals surface area contributed by atoms with Gasteiger partial charge in [0.1, 0.15) is 0 Å². The fourth-order valence-corrected chi connectivity index (χ4v) is 4.42. The molecule has 0 saturated carbocycles. The van der Waals surface area contributed by atoms with E-state index in [1.807, 2.05) is 37.2 Å². The summed E-state index contributed by atoms with van der Waals surface area (Å²) in [4.78, 5) is 26.6. The van der Waals surface area contributed by atoms with E-state index in [1.165, 1.54) is 10.1 Å². The summed E-state index contributed by atoms with van der Waals surface area (Å²) in [7, 11) is 3.92. The van der Waals surface area contributed by atoms with Gasteiger partial charge in [0, 0.05) is 17.8 Å². The molecule has 4 rings (SSSR count). The summed E-state index contributed by atoms with van der Waals surface area (Å²) in [5.74, 6) is 0.00370. The van der Waals surface area contributed by atoms with Gasteiger partial charge in [0.2, 0.25) is 6.79 Å². The van der Waals surface area contributed by atoms with E-state index in [0.29, 0.717) is 18.0 Å². The first-order valence-electron chi connectivity index (χ1n) is 9.60. The van der Waals surface area contributed by atoms with Crippen molar-refractivity contribution in [3.8, 4) is 11.5 Å². The van der Waals surface area contributed by atoms with Crippen molar-refractivity contribution in [1.29, 1.82) is 0 Å². The number of thiophene rings is 1. The number of likely N-dealkylation sites (N-methyl/N-ethyl adjacent to an activating group) is 1. The lowest BCUT2D eigenvalue weighted by Gasteiger charge is -2.24. The van der Waals surface area contributed by atoms with E-state index in [2.05, 4.69) is 28.1 Å². The van der Waals surface area contributed by atoms with Crippen LogP contribution in [-0.2, 0) is 16.1 Å². The van der Waals surface area contributed by atoms with Crippen LogP contribution in [0.1, 0.15) is 17.2 Å². The molecule has 1 aliphatic rings. The molecule has 156 valence electrons. The van der Waals surface area contributed by atoms with Crippen LogP contribution in [0.3, 0.4) is 0 Å². The van der Waals surface area contributed by atoms with Crippen LogP contribution in [0.4, 0.5) is 0 Å². The van der Waals surface area contributed by atoms with E-state index in [4.69, 9.17) is 9.47 Å². The first kappa shape index (κ1) is 20.2. The quantitative estimate of drug-likeness (QED) is 0.594. The maximum Gasteiger partial charge on any atom is 0.309 e. The van der Waals surface area contributed by atoms with Gasteiger partial charge in [-0.25, -0.2) is 0 Å². The van der Waals surface area contributed by atoms with E-state index in [0.717, 1.165) is 11.1 Å². The minimum absolute atomic E-state index is 0.0354. The molecule has 1 atom stereocenters. The van der Waals surface area contributed by atoms with Gasteiger partial charge in [0.05, 0.1) is 6.04 Å². The molecule has 0 radical (unpaired) electrons. The smallest absolute Gasteiger partial charge is 0.309 e. The normalized spacial score (nSPS) is 13.4. The first-order valence-corrected chi connectivity index (χ1v) is 10.5. The van der Waals surface area contributed by atoms with Crippen LogP contribution in [-0.4, -0.2) is 44.1 Å². The molecule has 1 aliphatic heterocycles. The third kappa shape index (κ3) is 4.24. The lowest BCUT2D eigenvalue weighted by Crippen LogP contribution is -2.42. The number of carbonyl (C=O) groups excluding carboxylic acids is 2. The summed E-state index contributed by atoms with van der Waals surface area (Å²) in [6, 6.07) is 13.6. The number of fused-ring (bicyclic) bond motifs is 2. The SMILES string of the molecule is CN(C)[C@@H](CNC(=O)C(=O)NCc1ccc2c(c1)OCO2)c1csc2ccccc12. The number of amides is 2. The van der Waals surface area contributed by atoms with Gasteiger partial charge in [-0.3, -0.25) is 9.59 Å². The van der Waals surface area contributed by atoms with Gasteiger partial charge in [-0.2, -0.15) is 0 Å². The second kappa shape index (κ2) is 8.73. The summed E-state index contributed by atoms with van der Waals surface area (Å²) in [6.07, 6.45) is 0. The Kier molecular flexibility index (Phi) is 5.87. The predicted octanol–water partition coefficient (Wildman–Crippen LogP) is 2.67. The summed E-state index contributed by atoms with van der Waals surface area (Å²) in [5.41, 5.74) is 1.97. The largest absolute Gasteiger partial charge is 0.454 e. The average molecular weight is 426 g/mol. The molecule has 2 aromatic carbocycles. The van der Waals surface area contributed by atoms with Crippen LogP contribution < -0.4 is 20.1 Å². The number of hydrogen-bond donors (Lipinski definition) is 2. The zero-order chi connectivity index (χ0) is 21.1. The molecule has 0 saturated heterocycles. The molecule has 0 unspecified atom stereocenters. The van der Waals surface area contributed by atoms with Crippen molar-refractivity contribution in [2.75, 3.05) is 27.4 Å². The number of rotatable bonds is 6. The number of carbonyl (C=O) groups is 2. The van der Waals surface area contributed by atoms with Crippen LogP contribution in [0, 0.1) is 0 Å². The Bertz CT molecular complexity index is 1080. The van der Waals surface area contributed by atoms with Gasteiger partial charge < -0.3 is 25.0 Å². The Morgan fingerprint density at radius 3 is 2.67 bits per heavy atom. The summed E-state index contributed by atoms with van der Waals surface area (Å²) >= 11 is 1.68. The molecule has 0 aliphatic carbocycles. The van der Waals surface area contributed by atoms with Crippen molar-refractivity contribution in [3.05, 3.63) is 59.0 Å². The maximum atomic E-state index is 12.3. The Labute approximate surface area is 178 Å². The molecule has 0 spiro atoms. The predicted molar refractivity (Wildman–Crippen MR) is 116 cm³/mol. The van der Waals surface area contributed by atoms with Gasteiger partial charge in [0.25, 0.3) is 0 Å². The number of nitrogens with one attached hydrogen (secondary N) is 2. The maximum absolute atomic E-state index is 12.3. The molecule has 0 bridgehead atoms. The number of ether oxygens (including phenoxy) is 2. The van der Waals surface area contributed by atoms with Gasteiger partial charge in [0.15, 0.2) is 11.5 Å². The molecule has 2 N–H and O–H groups in total. The van der Waals surface area contributed by atoms with E-state index in [9.17, 15) is 9.59 Å². The third-order valence-corrected chi connectivity index (χ3v) is 6.03. The Morgan fingerprint density at radius 1 is 1.07 bits per heavy atom. The second-order valence-electron chi connectivity index (χ2n) is 7.25. The molecule has 30 heavy (non-hydrogen) atoms. The Morgan fingerprint density at radius 2 is 1.83 bits per heavy atom. The van der Waals surface area contributed by atoms with Crippen molar-refractivity contribution in [1.82, 2.24) is 15.5 Å². The highest BCUT2D eigenvalue weighted by atomic mass is 32.1. The number of nitrogens with zero attached hydrogens (tertiary/aromatic N) is 1. The van der Waals surface area contributed by atoms with E-state index >= 15 is 0 Å². The highest BCUT2D eigenvalue weighted by Gasteiger charge is 2.21. The molecular formula is C22H23N3O4S. The van der Waals surface area contributed by atoms with Crippen molar-refractivity contribution >= 4 is 33.2 Å². The van der Waals surface area contributed by atoms with Crippen LogP contribution in [0.25, 0.3) is 10.1 Å². The minimum Gasteiger partial charge on any atom is -0.454 e. The van der Waals surface area contributed by atoms with Crippen LogP contribution in [0.15, 0.2) is 47.8 Å². The molecule has 7 nitrogen and oxygen atoms in total. The molecule has 2 amide bonds. The summed E-state index contributed by atoms with van der Waals surface area (Å²) < 4.78 is 11.8. The van der Waals surface area contributed by atoms with E-state index in [1.54, 1.807) is 23.5 Å². The lowest BCUT2D eigenvalue weighted by molar-refractivity contribution is -0.139. The lowest BCUT2D eigenvalue weighted by atomic mass is 10.0. The van der Waals surface area contributed by atoms with Crippen molar-refractivity contribution in [2.24, 2.45) is 0 Å². The van der Waals surface area contributed by atoms with Gasteiger partial charge in [-0.15, -0.1) is 11.3 Å². The summed E-state index contributed by atoms with van der Waals surface area (Å²) in [5, 5.41) is 8.69. The molecule has 0 fully saturated rings. The van der Waals surface area contributed by atoms with Crippen molar-refractivity contribution in [2.45, 2.75) is 12.6 Å². The molecule has 2 heterocycles. The number of hydrogen-bond acceptors (Lipinski definition) is 6. The topological polar surface area (TPSA) is 79.9 Å². The molecular weight excluding hydrogens is 402 g/mol. The number of benzene rings is 2. The highest BCUT2D eigenvalue weighted by molar-refractivity contribution is 7.17. The van der Waals surface area contributed by atoms with Gasteiger partial charge in [-0.05, 0) is 54.2 Å². The fraction of sp³-hybridized carbons (Fsp3) is 0.273. The van der Waals surface area contributed by atoms with E-state index < -0.39 is 11.8 Å². The van der Waals surface area contributed by atoms with E-state index in [-0.39, 0.29) is 19.4 Å². The van der Waals surface area contributed by atoms with Gasteiger partial charge in [-0.1, -0.05) is 24.3 Å². The standard InChI is InChI=1S/C22H23N3O4S/c1-25(2)17(16-12-30-20-6-4-3-5-15(16)20)11-24-22(27)21(26)23-10-14-7-8-18-19(9-14)29-13-28-18/h3-9,12,17H,10-11,13H2,1-2H3,(H,23,26)(H,24,27)/t17-/m0/s1. The van der Waals surface area contributed by atoms with Crippen LogP contribution in [0.2, 0.25) is 0 Å².